The summed E-state index contributed by atoms with van der Waals surface area (Å²) in [4.78, 5) is 52.1. The summed E-state index contributed by atoms with van der Waals surface area (Å²) in [6, 6.07) is 24.9. The van der Waals surface area contributed by atoms with Crippen LogP contribution in [0, 0.1) is 0 Å². The topological polar surface area (TPSA) is 145 Å². The molecule has 12 heteroatoms. The number of unbranched alkanes of at least 4 members (excludes halogenated alkanes) is 2. The van der Waals surface area contributed by atoms with E-state index in [0.29, 0.717) is 97.5 Å². The van der Waals surface area contributed by atoms with Gasteiger partial charge in [0.1, 0.15) is 17.2 Å². The van der Waals surface area contributed by atoms with Crippen molar-refractivity contribution in [1.82, 2.24) is 0 Å². The average molecular weight is 736 g/mol. The molecule has 0 spiro atoms. The predicted octanol–water partition coefficient (Wildman–Crippen LogP) is 7.66. The second-order valence-electron chi connectivity index (χ2n) is 11.3. The maximum absolute atomic E-state index is 12.8. The third kappa shape index (κ3) is 13.5. The Balaban J connectivity index is 1.21. The molecule has 0 aliphatic rings. The van der Waals surface area contributed by atoms with Crippen LogP contribution in [0.25, 0.3) is 0 Å². The van der Waals surface area contributed by atoms with E-state index in [1.165, 1.54) is 7.11 Å². The van der Waals surface area contributed by atoms with E-state index in [-0.39, 0.29) is 5.75 Å². The van der Waals surface area contributed by atoms with Gasteiger partial charge in [-0.15, -0.1) is 0 Å². The number of nitrogens with zero attached hydrogens (tertiary/aromatic N) is 1. The number of ether oxygens (including phenoxy) is 7. The summed E-state index contributed by atoms with van der Waals surface area (Å²) in [5, 5.41) is 0. The number of rotatable bonds is 21. The first-order valence-corrected chi connectivity index (χ1v) is 17.1. The Kier molecular flexibility index (Phi) is 16.1. The molecule has 4 aromatic rings. The van der Waals surface area contributed by atoms with E-state index < -0.39 is 23.9 Å². The van der Waals surface area contributed by atoms with Gasteiger partial charge in [-0.1, -0.05) is 13.2 Å². The molecule has 0 atom stereocenters. The van der Waals surface area contributed by atoms with E-state index in [1.807, 2.05) is 0 Å². The molecule has 0 aliphatic carbocycles. The highest BCUT2D eigenvalue weighted by atomic mass is 16.6. The lowest BCUT2D eigenvalue weighted by atomic mass is 10.2. The molecule has 54 heavy (non-hydrogen) atoms. The van der Waals surface area contributed by atoms with E-state index in [2.05, 4.69) is 18.2 Å². The molecule has 0 bridgehead atoms. The van der Waals surface area contributed by atoms with E-state index in [4.69, 9.17) is 33.2 Å². The van der Waals surface area contributed by atoms with E-state index >= 15 is 0 Å². The number of esters is 4. The molecule has 0 saturated carbocycles. The van der Waals surface area contributed by atoms with Crippen molar-refractivity contribution in [1.29, 1.82) is 0 Å². The van der Waals surface area contributed by atoms with Crippen molar-refractivity contribution >= 4 is 35.8 Å². The monoisotopic (exact) mass is 735 g/mol. The van der Waals surface area contributed by atoms with Crippen LogP contribution in [0.5, 0.6) is 28.7 Å². The quantitative estimate of drug-likeness (QED) is 0.0273. The van der Waals surface area contributed by atoms with Gasteiger partial charge in [0.05, 0.1) is 50.4 Å². The molecule has 0 aromatic heterocycles. The number of hydrogen-bond acceptors (Lipinski definition) is 12. The summed E-state index contributed by atoms with van der Waals surface area (Å²) in [7, 11) is 1.47. The van der Waals surface area contributed by atoms with Crippen molar-refractivity contribution in [2.45, 2.75) is 25.7 Å². The van der Waals surface area contributed by atoms with Crippen LogP contribution >= 0.6 is 0 Å². The van der Waals surface area contributed by atoms with Crippen LogP contribution in [0.1, 0.15) is 52.0 Å². The van der Waals surface area contributed by atoms with Gasteiger partial charge in [-0.3, -0.25) is 4.99 Å². The highest BCUT2D eigenvalue weighted by Crippen LogP contribution is 2.29. The predicted molar refractivity (Wildman–Crippen MR) is 201 cm³/mol. The molecule has 0 saturated heterocycles. The molecular weight excluding hydrogens is 694 g/mol. The zero-order valence-corrected chi connectivity index (χ0v) is 29.9. The first-order valence-electron chi connectivity index (χ1n) is 17.1. The molecule has 0 heterocycles. The lowest BCUT2D eigenvalue weighted by molar-refractivity contribution is -0.138. The average Bonchev–Trinajstić information content (AvgIpc) is 3.20. The maximum Gasteiger partial charge on any atom is 0.343 e. The minimum atomic E-state index is -0.564. The Morgan fingerprint density at radius 2 is 1.06 bits per heavy atom. The Hall–Kier alpha value is -6.69. The molecule has 0 aliphatic heterocycles. The molecule has 0 amide bonds. The van der Waals surface area contributed by atoms with Gasteiger partial charge in [0, 0.05) is 18.4 Å². The lowest BCUT2D eigenvalue weighted by Crippen LogP contribution is -2.09. The van der Waals surface area contributed by atoms with Crippen LogP contribution in [-0.4, -0.2) is 63.6 Å². The van der Waals surface area contributed by atoms with Gasteiger partial charge in [0.25, 0.3) is 0 Å². The zero-order chi connectivity index (χ0) is 38.5. The number of aliphatic imine (C=N–C) groups is 1. The van der Waals surface area contributed by atoms with Gasteiger partial charge in [-0.2, -0.15) is 0 Å². The normalized spacial score (nSPS) is 10.5. The van der Waals surface area contributed by atoms with Crippen molar-refractivity contribution in [3.8, 4) is 28.7 Å². The molecule has 0 fully saturated rings. The molecule has 4 rings (SSSR count). The largest absolute Gasteiger partial charge is 0.494 e. The van der Waals surface area contributed by atoms with Crippen LogP contribution in [-0.2, 0) is 19.1 Å². The zero-order valence-electron chi connectivity index (χ0n) is 29.9. The van der Waals surface area contributed by atoms with Gasteiger partial charge < -0.3 is 33.2 Å². The maximum atomic E-state index is 12.8. The number of carbonyl (C=O) groups excluding carboxylic acids is 4. The van der Waals surface area contributed by atoms with Gasteiger partial charge in [0.15, 0.2) is 11.5 Å². The molecule has 4 aromatic carbocycles. The van der Waals surface area contributed by atoms with Gasteiger partial charge >= 0.3 is 23.9 Å². The summed E-state index contributed by atoms with van der Waals surface area (Å²) in [6.07, 6.45) is 6.58. The summed E-state index contributed by atoms with van der Waals surface area (Å²) in [6.45, 7) is 8.17. The minimum absolute atomic E-state index is 0.242. The van der Waals surface area contributed by atoms with Crippen molar-refractivity contribution < 1.29 is 52.3 Å². The number of hydrogen-bond donors (Lipinski definition) is 0. The highest BCUT2D eigenvalue weighted by molar-refractivity contribution is 5.92. The second-order valence-corrected chi connectivity index (χ2v) is 11.3. The molecule has 0 radical (unpaired) electrons. The number of methoxy groups -OCH3 is 1. The van der Waals surface area contributed by atoms with Gasteiger partial charge in [-0.25, -0.2) is 19.2 Å². The lowest BCUT2D eigenvalue weighted by Gasteiger charge is -2.11. The Labute approximate surface area is 313 Å². The van der Waals surface area contributed by atoms with Gasteiger partial charge in [-0.05, 0) is 122 Å². The van der Waals surface area contributed by atoms with Crippen molar-refractivity contribution in [2.75, 3.05) is 33.5 Å². The fraction of sp³-hybridized carbons (Fsp3) is 0.214. The van der Waals surface area contributed by atoms with Crippen LogP contribution in [0.15, 0.2) is 121 Å². The molecule has 0 unspecified atom stereocenters. The Bertz CT molecular complexity index is 1900. The summed E-state index contributed by atoms with van der Waals surface area (Å²) >= 11 is 0. The standard InChI is InChI=1S/C42H41NO11/c1-4-39(44)51-26-8-6-24-49-34-17-11-31(12-18-34)41(46)53-36-21-15-33(16-22-36)43-29-30-10-23-37(38(28-30)48-3)54-42(47)32-13-19-35(20-14-32)50-25-7-9-27-52-40(45)5-2/h4-5,10-23,28-29H,1-2,6-9,24-27H2,3H3/b43-29+. The summed E-state index contributed by atoms with van der Waals surface area (Å²) < 4.78 is 37.8. The van der Waals surface area contributed by atoms with Crippen molar-refractivity contribution in [2.24, 2.45) is 4.99 Å². The van der Waals surface area contributed by atoms with Crippen LogP contribution < -0.4 is 23.7 Å². The van der Waals surface area contributed by atoms with Crippen molar-refractivity contribution in [3.63, 3.8) is 0 Å². The Morgan fingerprint density at radius 3 is 1.56 bits per heavy atom. The molecule has 0 N–H and O–H groups in total. The van der Waals surface area contributed by atoms with Gasteiger partial charge in [0.2, 0.25) is 0 Å². The summed E-state index contributed by atoms with van der Waals surface area (Å²) in [5.74, 6) is 0.156. The summed E-state index contributed by atoms with van der Waals surface area (Å²) in [5.41, 5.74) is 2.01. The van der Waals surface area contributed by atoms with Crippen LogP contribution in [0.3, 0.4) is 0 Å². The minimum Gasteiger partial charge on any atom is -0.494 e. The first kappa shape index (κ1) is 40.1. The van der Waals surface area contributed by atoms with Crippen LogP contribution in [0.2, 0.25) is 0 Å². The fourth-order valence-corrected chi connectivity index (χ4v) is 4.55. The molecule has 12 nitrogen and oxygen atoms in total. The van der Waals surface area contributed by atoms with E-state index in [9.17, 15) is 19.2 Å². The number of benzene rings is 4. The first-order chi connectivity index (χ1) is 26.3. The third-order valence-corrected chi connectivity index (χ3v) is 7.42. The SMILES string of the molecule is C=CC(=O)OCCCCOc1ccc(C(=O)Oc2ccc(/N=C/c3ccc(OC(=O)c4ccc(OCCCCOC(=O)C=C)cc4)c(OC)c3)cc2)cc1. The van der Waals surface area contributed by atoms with Crippen molar-refractivity contribution in [3.05, 3.63) is 133 Å². The Morgan fingerprint density at radius 1 is 0.574 bits per heavy atom. The van der Waals surface area contributed by atoms with E-state index in [1.54, 1.807) is 97.2 Å². The van der Waals surface area contributed by atoms with Crippen LogP contribution in [0.4, 0.5) is 5.69 Å². The number of carbonyl (C=O) groups is 4. The molecular formula is C42H41NO11. The third-order valence-electron chi connectivity index (χ3n) is 7.42. The smallest absolute Gasteiger partial charge is 0.343 e. The highest BCUT2D eigenvalue weighted by Gasteiger charge is 2.14. The van der Waals surface area contributed by atoms with E-state index in [0.717, 1.165) is 12.2 Å². The fourth-order valence-electron chi connectivity index (χ4n) is 4.55. The second kappa shape index (κ2) is 21.6. The molecule has 280 valence electrons.